The van der Waals surface area contributed by atoms with Crippen molar-refractivity contribution in [2.75, 3.05) is 7.11 Å². The molecule has 2 rings (SSSR count). The molecule has 2 aromatic rings. The van der Waals surface area contributed by atoms with E-state index in [9.17, 15) is 5.11 Å². The molecule has 1 aromatic heterocycles. The van der Waals surface area contributed by atoms with Crippen LogP contribution in [0.5, 0.6) is 11.6 Å². The van der Waals surface area contributed by atoms with E-state index in [0.717, 1.165) is 16.7 Å². The smallest absolute Gasteiger partial charge is 0.233 e. The van der Waals surface area contributed by atoms with Crippen LogP contribution in [0.1, 0.15) is 5.56 Å². The largest absolute Gasteiger partial charge is 0.508 e. The zero-order chi connectivity index (χ0) is 11.5. The van der Waals surface area contributed by atoms with Gasteiger partial charge in [-0.15, -0.1) is 5.10 Å². The molecule has 0 saturated carbocycles. The lowest BCUT2D eigenvalue weighted by Gasteiger charge is -2.05. The first kappa shape index (κ1) is 10.4. The van der Waals surface area contributed by atoms with E-state index in [1.807, 2.05) is 19.1 Å². The maximum atomic E-state index is 9.62. The number of phenols is 1. The van der Waals surface area contributed by atoms with E-state index in [0.29, 0.717) is 5.88 Å². The molecule has 0 atom stereocenters. The molecule has 0 aliphatic carbocycles. The second-order valence-corrected chi connectivity index (χ2v) is 3.49. The Bertz CT molecular complexity index is 512. The van der Waals surface area contributed by atoms with E-state index in [1.54, 1.807) is 25.4 Å². The quantitative estimate of drug-likeness (QED) is 0.835. The summed E-state index contributed by atoms with van der Waals surface area (Å²) in [6, 6.07) is 7.26. The van der Waals surface area contributed by atoms with Crippen molar-refractivity contribution in [1.82, 2.24) is 10.2 Å². The van der Waals surface area contributed by atoms with Gasteiger partial charge in [0.25, 0.3) is 0 Å². The van der Waals surface area contributed by atoms with Crippen LogP contribution in [0.15, 0.2) is 30.5 Å². The Balaban J connectivity index is 2.46. The lowest BCUT2D eigenvalue weighted by Crippen LogP contribution is -1.91. The standard InChI is InChI=1S/C12H12N2O2/c1-8-3-4-9(5-11(8)15)10-6-12(16-2)14-13-7-10/h3-7,15H,1-2H3. The third-order valence-electron chi connectivity index (χ3n) is 2.38. The topological polar surface area (TPSA) is 55.2 Å². The van der Waals surface area contributed by atoms with Crippen molar-refractivity contribution in [3.05, 3.63) is 36.0 Å². The highest BCUT2D eigenvalue weighted by Gasteiger charge is 2.03. The van der Waals surface area contributed by atoms with Crippen molar-refractivity contribution < 1.29 is 9.84 Å². The van der Waals surface area contributed by atoms with Gasteiger partial charge in [-0.3, -0.25) is 0 Å². The van der Waals surface area contributed by atoms with E-state index in [-0.39, 0.29) is 5.75 Å². The van der Waals surface area contributed by atoms with Crippen molar-refractivity contribution in [3.63, 3.8) is 0 Å². The summed E-state index contributed by atoms with van der Waals surface area (Å²) in [7, 11) is 1.54. The average molecular weight is 216 g/mol. The maximum Gasteiger partial charge on any atom is 0.233 e. The third-order valence-corrected chi connectivity index (χ3v) is 2.38. The number of aromatic hydroxyl groups is 1. The Morgan fingerprint density at radius 3 is 2.69 bits per heavy atom. The fourth-order valence-electron chi connectivity index (χ4n) is 1.39. The Hall–Kier alpha value is -2.10. The van der Waals surface area contributed by atoms with Gasteiger partial charge in [0, 0.05) is 11.6 Å². The molecule has 16 heavy (non-hydrogen) atoms. The number of benzene rings is 1. The number of hydrogen-bond acceptors (Lipinski definition) is 4. The highest BCUT2D eigenvalue weighted by Crippen LogP contribution is 2.26. The SMILES string of the molecule is COc1cc(-c2ccc(C)c(O)c2)cnn1. The van der Waals surface area contributed by atoms with Crippen LogP contribution >= 0.6 is 0 Å². The Labute approximate surface area is 93.5 Å². The van der Waals surface area contributed by atoms with Crippen LogP contribution < -0.4 is 4.74 Å². The second kappa shape index (κ2) is 4.18. The van der Waals surface area contributed by atoms with Gasteiger partial charge in [0.2, 0.25) is 5.88 Å². The number of hydrogen-bond donors (Lipinski definition) is 1. The van der Waals surface area contributed by atoms with Crippen LogP contribution in [0.3, 0.4) is 0 Å². The van der Waals surface area contributed by atoms with Crippen molar-refractivity contribution in [2.24, 2.45) is 0 Å². The monoisotopic (exact) mass is 216 g/mol. The minimum absolute atomic E-state index is 0.272. The van der Waals surface area contributed by atoms with Crippen molar-refractivity contribution >= 4 is 0 Å². The molecule has 0 fully saturated rings. The van der Waals surface area contributed by atoms with Crippen LogP contribution in [0.25, 0.3) is 11.1 Å². The van der Waals surface area contributed by atoms with Gasteiger partial charge >= 0.3 is 0 Å². The summed E-state index contributed by atoms with van der Waals surface area (Å²) in [6.07, 6.45) is 1.63. The van der Waals surface area contributed by atoms with E-state index < -0.39 is 0 Å². The minimum atomic E-state index is 0.272. The van der Waals surface area contributed by atoms with Crippen LogP contribution in [0, 0.1) is 6.92 Å². The first-order valence-electron chi connectivity index (χ1n) is 4.87. The van der Waals surface area contributed by atoms with E-state index in [1.165, 1.54) is 0 Å². The molecule has 1 aromatic carbocycles. The van der Waals surface area contributed by atoms with Gasteiger partial charge in [0.1, 0.15) is 5.75 Å². The van der Waals surface area contributed by atoms with E-state index >= 15 is 0 Å². The number of aromatic nitrogens is 2. The van der Waals surface area contributed by atoms with Crippen LogP contribution in [-0.2, 0) is 0 Å². The molecule has 0 saturated heterocycles. The summed E-state index contributed by atoms with van der Waals surface area (Å²) in [5.74, 6) is 0.728. The summed E-state index contributed by atoms with van der Waals surface area (Å²) in [6.45, 7) is 1.85. The predicted molar refractivity (Wildman–Crippen MR) is 60.4 cm³/mol. The molecule has 0 amide bonds. The Morgan fingerprint density at radius 2 is 2.00 bits per heavy atom. The fraction of sp³-hybridized carbons (Fsp3) is 0.167. The highest BCUT2D eigenvalue weighted by molar-refractivity contribution is 5.65. The van der Waals surface area contributed by atoms with Gasteiger partial charge in [0.05, 0.1) is 13.3 Å². The van der Waals surface area contributed by atoms with E-state index in [4.69, 9.17) is 4.74 Å². The molecule has 0 unspecified atom stereocenters. The number of aryl methyl sites for hydroxylation is 1. The molecule has 0 radical (unpaired) electrons. The summed E-state index contributed by atoms with van der Waals surface area (Å²) < 4.78 is 4.99. The molecule has 82 valence electrons. The highest BCUT2D eigenvalue weighted by atomic mass is 16.5. The zero-order valence-corrected chi connectivity index (χ0v) is 9.14. The van der Waals surface area contributed by atoms with Crippen LogP contribution in [-0.4, -0.2) is 22.4 Å². The third kappa shape index (κ3) is 1.95. The van der Waals surface area contributed by atoms with E-state index in [2.05, 4.69) is 10.2 Å². The molecule has 0 aliphatic rings. The molecular formula is C12H12N2O2. The van der Waals surface area contributed by atoms with Crippen molar-refractivity contribution in [2.45, 2.75) is 6.92 Å². The maximum absolute atomic E-state index is 9.62. The first-order chi connectivity index (χ1) is 7.70. The lowest BCUT2D eigenvalue weighted by atomic mass is 10.1. The normalized spacial score (nSPS) is 10.1. The first-order valence-corrected chi connectivity index (χ1v) is 4.87. The summed E-state index contributed by atoms with van der Waals surface area (Å²) >= 11 is 0. The Morgan fingerprint density at radius 1 is 1.19 bits per heavy atom. The lowest BCUT2D eigenvalue weighted by molar-refractivity contribution is 0.392. The van der Waals surface area contributed by atoms with Gasteiger partial charge in [-0.1, -0.05) is 12.1 Å². The van der Waals surface area contributed by atoms with Gasteiger partial charge in [0.15, 0.2) is 0 Å². The molecule has 1 heterocycles. The number of ether oxygens (including phenoxy) is 1. The van der Waals surface area contributed by atoms with Crippen molar-refractivity contribution in [3.8, 4) is 22.8 Å². The zero-order valence-electron chi connectivity index (χ0n) is 9.14. The molecule has 0 aliphatic heterocycles. The number of methoxy groups -OCH3 is 1. The van der Waals surface area contributed by atoms with Gasteiger partial charge < -0.3 is 9.84 Å². The molecule has 0 spiro atoms. The number of rotatable bonds is 2. The fourth-order valence-corrected chi connectivity index (χ4v) is 1.39. The van der Waals surface area contributed by atoms with Crippen molar-refractivity contribution in [1.29, 1.82) is 0 Å². The molecular weight excluding hydrogens is 204 g/mol. The summed E-state index contributed by atoms with van der Waals surface area (Å²) in [5, 5.41) is 17.2. The Kier molecular flexibility index (Phi) is 2.72. The predicted octanol–water partition coefficient (Wildman–Crippen LogP) is 2.17. The summed E-state index contributed by atoms with van der Waals surface area (Å²) in [4.78, 5) is 0. The molecule has 0 bridgehead atoms. The molecule has 1 N–H and O–H groups in total. The number of phenolic OH excluding ortho intramolecular Hbond substituents is 1. The minimum Gasteiger partial charge on any atom is -0.508 e. The second-order valence-electron chi connectivity index (χ2n) is 3.49. The van der Waals surface area contributed by atoms with Gasteiger partial charge in [-0.2, -0.15) is 5.10 Å². The van der Waals surface area contributed by atoms with Crippen LogP contribution in [0.2, 0.25) is 0 Å². The molecule has 4 heteroatoms. The average Bonchev–Trinajstić information content (AvgIpc) is 2.33. The number of nitrogens with zero attached hydrogens (tertiary/aromatic N) is 2. The van der Waals surface area contributed by atoms with Gasteiger partial charge in [-0.05, 0) is 24.1 Å². The molecule has 4 nitrogen and oxygen atoms in total. The van der Waals surface area contributed by atoms with Gasteiger partial charge in [-0.25, -0.2) is 0 Å². The summed E-state index contributed by atoms with van der Waals surface area (Å²) in [5.41, 5.74) is 2.59. The van der Waals surface area contributed by atoms with Crippen LogP contribution in [0.4, 0.5) is 0 Å².